The number of benzene rings is 1. The van der Waals surface area contributed by atoms with Crippen LogP contribution in [0.25, 0.3) is 0 Å². The van der Waals surface area contributed by atoms with Crippen molar-refractivity contribution in [2.45, 2.75) is 64.8 Å². The molecule has 6 heteroatoms. The van der Waals surface area contributed by atoms with E-state index in [0.717, 1.165) is 38.0 Å². The Morgan fingerprint density at radius 2 is 2.17 bits per heavy atom. The normalized spacial score (nSPS) is 19.7. The van der Waals surface area contributed by atoms with Crippen LogP contribution >= 0.6 is 11.3 Å². The van der Waals surface area contributed by atoms with E-state index >= 15 is 0 Å². The van der Waals surface area contributed by atoms with Gasteiger partial charge in [-0.25, -0.2) is 9.37 Å². The number of fused-ring (bicyclic) bond motifs is 1. The molecule has 4 nitrogen and oxygen atoms in total. The van der Waals surface area contributed by atoms with Crippen LogP contribution in [0.3, 0.4) is 0 Å². The van der Waals surface area contributed by atoms with Gasteiger partial charge in [0.15, 0.2) is 0 Å². The fourth-order valence-electron chi connectivity index (χ4n) is 4.51. The van der Waals surface area contributed by atoms with Crippen molar-refractivity contribution in [3.8, 4) is 0 Å². The number of halogens is 1. The second-order valence-corrected chi connectivity index (χ2v) is 9.64. The fourth-order valence-corrected chi connectivity index (χ4v) is 5.71. The summed E-state index contributed by atoms with van der Waals surface area (Å²) in [6.07, 6.45) is 8.73. The summed E-state index contributed by atoms with van der Waals surface area (Å²) in [5.74, 6) is 0.298. The van der Waals surface area contributed by atoms with E-state index in [1.807, 2.05) is 18.3 Å². The van der Waals surface area contributed by atoms with Gasteiger partial charge in [-0.3, -0.25) is 9.69 Å². The summed E-state index contributed by atoms with van der Waals surface area (Å²) in [6.45, 7) is 4.94. The number of nitrogens with zero attached hydrogens (tertiary/aromatic N) is 2. The standard InChI is InChI=1S/C23H30FN3OS/c1-16-13-18(24)9-10-19(16)25-22(28)11-8-17-5-4-12-27(14-17)15-23-26-20-6-2-3-7-21(20)29-23/h9-10,13,17H,2-8,11-12,14-15H2,1H3,(H,25,28)/t17-/m1/s1. The maximum atomic E-state index is 13.2. The van der Waals surface area contributed by atoms with Crippen molar-refractivity contribution in [1.29, 1.82) is 0 Å². The molecule has 2 aromatic rings. The van der Waals surface area contributed by atoms with Crippen LogP contribution in [-0.4, -0.2) is 28.9 Å². The highest BCUT2D eigenvalue weighted by atomic mass is 32.1. The van der Waals surface area contributed by atoms with Crippen molar-refractivity contribution in [1.82, 2.24) is 9.88 Å². The molecule has 1 fully saturated rings. The zero-order valence-corrected chi connectivity index (χ0v) is 18.0. The molecule has 1 aliphatic carbocycles. The van der Waals surface area contributed by atoms with Gasteiger partial charge in [0, 0.05) is 23.5 Å². The molecule has 0 saturated carbocycles. The Bertz CT molecular complexity index is 842. The zero-order chi connectivity index (χ0) is 20.2. The minimum atomic E-state index is -0.274. The highest BCUT2D eigenvalue weighted by Crippen LogP contribution is 2.29. The van der Waals surface area contributed by atoms with E-state index in [0.29, 0.717) is 18.0 Å². The maximum absolute atomic E-state index is 13.2. The van der Waals surface area contributed by atoms with E-state index in [4.69, 9.17) is 4.98 Å². The van der Waals surface area contributed by atoms with Crippen LogP contribution in [0, 0.1) is 18.7 Å². The van der Waals surface area contributed by atoms with Gasteiger partial charge in [0.2, 0.25) is 5.91 Å². The Morgan fingerprint density at radius 1 is 1.31 bits per heavy atom. The van der Waals surface area contributed by atoms with Crippen molar-refractivity contribution in [3.05, 3.63) is 45.2 Å². The lowest BCUT2D eigenvalue weighted by Gasteiger charge is -2.32. The third-order valence-electron chi connectivity index (χ3n) is 6.09. The van der Waals surface area contributed by atoms with E-state index in [9.17, 15) is 9.18 Å². The molecule has 2 heterocycles. The molecule has 1 atom stereocenters. The smallest absolute Gasteiger partial charge is 0.224 e. The number of piperidine rings is 1. The number of rotatable bonds is 6. The van der Waals surface area contributed by atoms with Gasteiger partial charge in [0.25, 0.3) is 0 Å². The number of aromatic nitrogens is 1. The van der Waals surface area contributed by atoms with Crippen LogP contribution in [0.15, 0.2) is 18.2 Å². The van der Waals surface area contributed by atoms with Gasteiger partial charge < -0.3 is 5.32 Å². The summed E-state index contributed by atoms with van der Waals surface area (Å²) < 4.78 is 13.2. The fraction of sp³-hybridized carbons (Fsp3) is 0.565. The van der Waals surface area contributed by atoms with Crippen molar-refractivity contribution >= 4 is 22.9 Å². The summed E-state index contributed by atoms with van der Waals surface area (Å²) >= 11 is 1.91. The first-order valence-electron chi connectivity index (χ1n) is 10.8. The molecule has 4 rings (SSSR count). The Hall–Kier alpha value is -1.79. The molecule has 1 aliphatic heterocycles. The third kappa shape index (κ3) is 5.43. The van der Waals surface area contributed by atoms with Crippen LogP contribution in [0.5, 0.6) is 0 Å². The first kappa shape index (κ1) is 20.5. The van der Waals surface area contributed by atoms with E-state index in [1.165, 1.54) is 59.8 Å². The van der Waals surface area contributed by atoms with E-state index in [1.54, 1.807) is 6.07 Å². The van der Waals surface area contributed by atoms with Crippen LogP contribution in [-0.2, 0) is 24.2 Å². The summed E-state index contributed by atoms with van der Waals surface area (Å²) in [5.41, 5.74) is 2.81. The van der Waals surface area contributed by atoms with Gasteiger partial charge in [-0.05, 0) is 88.1 Å². The summed E-state index contributed by atoms with van der Waals surface area (Å²) in [7, 11) is 0. The van der Waals surface area contributed by atoms with Gasteiger partial charge in [0.05, 0.1) is 12.2 Å². The Balaban J connectivity index is 1.25. The second kappa shape index (κ2) is 9.35. The van der Waals surface area contributed by atoms with Crippen LogP contribution in [0.1, 0.15) is 59.7 Å². The van der Waals surface area contributed by atoms with Crippen molar-refractivity contribution in [2.24, 2.45) is 5.92 Å². The molecule has 2 aliphatic rings. The molecule has 29 heavy (non-hydrogen) atoms. The zero-order valence-electron chi connectivity index (χ0n) is 17.2. The molecule has 1 aromatic carbocycles. The molecular weight excluding hydrogens is 385 g/mol. The minimum Gasteiger partial charge on any atom is -0.326 e. The van der Waals surface area contributed by atoms with Crippen molar-refractivity contribution in [3.63, 3.8) is 0 Å². The highest BCUT2D eigenvalue weighted by Gasteiger charge is 2.23. The van der Waals surface area contributed by atoms with Gasteiger partial charge in [0.1, 0.15) is 10.8 Å². The van der Waals surface area contributed by atoms with E-state index < -0.39 is 0 Å². The largest absolute Gasteiger partial charge is 0.326 e. The number of amides is 1. The number of likely N-dealkylation sites (tertiary alicyclic amines) is 1. The number of carbonyl (C=O) groups excluding carboxylic acids is 1. The average Bonchev–Trinajstić information content (AvgIpc) is 3.11. The predicted molar refractivity (Wildman–Crippen MR) is 116 cm³/mol. The number of anilines is 1. The molecule has 156 valence electrons. The Morgan fingerprint density at radius 3 is 3.00 bits per heavy atom. The van der Waals surface area contributed by atoms with Crippen molar-refractivity contribution < 1.29 is 9.18 Å². The lowest BCUT2D eigenvalue weighted by molar-refractivity contribution is -0.116. The third-order valence-corrected chi connectivity index (χ3v) is 7.24. The molecule has 0 spiro atoms. The number of aryl methyl sites for hydroxylation is 3. The topological polar surface area (TPSA) is 45.2 Å². The van der Waals surface area contributed by atoms with Crippen molar-refractivity contribution in [2.75, 3.05) is 18.4 Å². The lowest BCUT2D eigenvalue weighted by Crippen LogP contribution is -2.35. The number of thiazole rings is 1. The van der Waals surface area contributed by atoms with Crippen LogP contribution in [0.4, 0.5) is 10.1 Å². The minimum absolute atomic E-state index is 0.0180. The monoisotopic (exact) mass is 415 g/mol. The summed E-state index contributed by atoms with van der Waals surface area (Å²) in [5, 5.41) is 4.19. The Kier molecular flexibility index (Phi) is 6.60. The first-order valence-corrected chi connectivity index (χ1v) is 11.6. The van der Waals surface area contributed by atoms with Crippen LogP contribution < -0.4 is 5.32 Å². The van der Waals surface area contributed by atoms with E-state index in [-0.39, 0.29) is 11.7 Å². The molecule has 1 amide bonds. The second-order valence-electron chi connectivity index (χ2n) is 8.47. The molecule has 0 bridgehead atoms. The quantitative estimate of drug-likeness (QED) is 0.714. The number of nitrogens with one attached hydrogen (secondary N) is 1. The van der Waals surface area contributed by atoms with Gasteiger partial charge in [-0.1, -0.05) is 0 Å². The molecule has 0 radical (unpaired) electrons. The summed E-state index contributed by atoms with van der Waals surface area (Å²) in [6, 6.07) is 4.47. The number of hydrogen-bond acceptors (Lipinski definition) is 4. The van der Waals surface area contributed by atoms with Gasteiger partial charge in [-0.2, -0.15) is 0 Å². The first-order chi connectivity index (χ1) is 14.1. The number of hydrogen-bond donors (Lipinski definition) is 1. The molecule has 1 saturated heterocycles. The highest BCUT2D eigenvalue weighted by molar-refractivity contribution is 7.11. The molecule has 1 aromatic heterocycles. The van der Waals surface area contributed by atoms with E-state index in [2.05, 4.69) is 10.2 Å². The molecule has 0 unspecified atom stereocenters. The van der Waals surface area contributed by atoms with Crippen LogP contribution in [0.2, 0.25) is 0 Å². The maximum Gasteiger partial charge on any atom is 0.224 e. The SMILES string of the molecule is Cc1cc(F)ccc1NC(=O)CC[C@H]1CCCN(Cc2nc3c(s2)CCCC3)C1. The van der Waals surface area contributed by atoms with Gasteiger partial charge >= 0.3 is 0 Å². The Labute approximate surface area is 176 Å². The average molecular weight is 416 g/mol. The molecule has 1 N–H and O–H groups in total. The lowest BCUT2D eigenvalue weighted by atomic mass is 9.93. The predicted octanol–water partition coefficient (Wildman–Crippen LogP) is 5.10. The van der Waals surface area contributed by atoms with Gasteiger partial charge in [-0.15, -0.1) is 11.3 Å². The summed E-state index contributed by atoms with van der Waals surface area (Å²) in [4.78, 5) is 21.3. The molecular formula is C23H30FN3OS. The number of carbonyl (C=O) groups is 1.